The lowest BCUT2D eigenvalue weighted by Gasteiger charge is -2.06. The maximum absolute atomic E-state index is 4.94. The number of fused-ring (bicyclic) bond motifs is 4. The molecule has 5 aromatic rings. The summed E-state index contributed by atoms with van der Waals surface area (Å²) in [5.41, 5.74) is 5.73. The molecule has 0 saturated heterocycles. The summed E-state index contributed by atoms with van der Waals surface area (Å²) in [6.45, 7) is 6.09. The Kier molecular flexibility index (Phi) is 4.04. The van der Waals surface area contributed by atoms with E-state index < -0.39 is 0 Å². The lowest BCUT2D eigenvalue weighted by molar-refractivity contribution is 0.671. The first kappa shape index (κ1) is 17.5. The minimum absolute atomic E-state index is 0.133. The van der Waals surface area contributed by atoms with Crippen LogP contribution in [0, 0.1) is 13.8 Å². The summed E-state index contributed by atoms with van der Waals surface area (Å²) in [5, 5.41) is 5.80. The van der Waals surface area contributed by atoms with Gasteiger partial charge in [0.1, 0.15) is 5.82 Å². The first-order valence-electron chi connectivity index (χ1n) is 9.13. The number of pyridine rings is 1. The maximum Gasteiger partial charge on any atom is 0.177 e. The largest absolute Gasteiger partial charge is 0.268 e. The molecule has 5 rings (SSSR count). The molecule has 4 aromatic heterocycles. The van der Waals surface area contributed by atoms with Crippen molar-refractivity contribution in [2.24, 2.45) is 0 Å². The fourth-order valence-electron chi connectivity index (χ4n) is 3.52. The molecular formula is C20H18IN7. The molecule has 1 atom stereocenters. The normalized spacial score (nSPS) is 13.0. The van der Waals surface area contributed by atoms with E-state index in [-0.39, 0.29) is 5.92 Å². The second-order valence-electron chi connectivity index (χ2n) is 7.11. The predicted molar refractivity (Wildman–Crippen MR) is 117 cm³/mol. The van der Waals surface area contributed by atoms with Crippen molar-refractivity contribution in [2.75, 3.05) is 0 Å². The number of rotatable bonds is 3. The molecule has 0 bridgehead atoms. The van der Waals surface area contributed by atoms with Crippen LogP contribution in [0.3, 0.4) is 0 Å². The summed E-state index contributed by atoms with van der Waals surface area (Å²) < 4.78 is 4.00. The van der Waals surface area contributed by atoms with E-state index >= 15 is 0 Å². The molecule has 140 valence electrons. The molecule has 7 nitrogen and oxygen atoms in total. The van der Waals surface area contributed by atoms with Crippen LogP contribution in [0.1, 0.15) is 35.9 Å². The van der Waals surface area contributed by atoms with E-state index in [0.29, 0.717) is 0 Å². The Labute approximate surface area is 175 Å². The number of hydrogen-bond donors (Lipinski definition) is 0. The minimum Gasteiger partial charge on any atom is -0.268 e. The zero-order chi connectivity index (χ0) is 19.4. The molecule has 0 aliphatic rings. The van der Waals surface area contributed by atoms with E-state index in [9.17, 15) is 0 Å². The van der Waals surface area contributed by atoms with Crippen LogP contribution in [0.15, 0.2) is 36.7 Å². The molecule has 4 heterocycles. The number of nitrogens with zero attached hydrogens (tertiary/aromatic N) is 7. The van der Waals surface area contributed by atoms with Gasteiger partial charge in [-0.05, 0) is 38.1 Å². The molecule has 0 saturated carbocycles. The van der Waals surface area contributed by atoms with Crippen LogP contribution in [-0.4, -0.2) is 32.3 Å². The Balaban J connectivity index is 1.56. The predicted octanol–water partition coefficient (Wildman–Crippen LogP) is 4.18. The number of halogens is 1. The van der Waals surface area contributed by atoms with Crippen LogP contribution in [0.5, 0.6) is 0 Å². The Morgan fingerprint density at radius 3 is 2.79 bits per heavy atom. The lowest BCUT2D eigenvalue weighted by Crippen LogP contribution is -2.04. The number of imidazole rings is 1. The zero-order valence-corrected chi connectivity index (χ0v) is 17.9. The summed E-state index contributed by atoms with van der Waals surface area (Å²) >= 11 is 2.32. The Bertz CT molecular complexity index is 1310. The van der Waals surface area contributed by atoms with E-state index in [0.717, 1.165) is 57.0 Å². The fourth-order valence-corrected chi connectivity index (χ4v) is 4.22. The van der Waals surface area contributed by atoms with Gasteiger partial charge in [0.15, 0.2) is 11.5 Å². The van der Waals surface area contributed by atoms with Crippen molar-refractivity contribution in [1.82, 2.24) is 32.3 Å². The first-order chi connectivity index (χ1) is 13.5. The monoisotopic (exact) mass is 483 g/mol. The highest BCUT2D eigenvalue weighted by Crippen LogP contribution is 2.28. The van der Waals surface area contributed by atoms with E-state index in [2.05, 4.69) is 54.7 Å². The highest BCUT2D eigenvalue weighted by atomic mass is 127. The third-order valence-corrected chi connectivity index (χ3v) is 6.15. The average molecular weight is 483 g/mol. The lowest BCUT2D eigenvalue weighted by atomic mass is 10.1. The summed E-state index contributed by atoms with van der Waals surface area (Å²) in [6, 6.07) is 8.16. The number of benzene rings is 1. The Morgan fingerprint density at radius 1 is 1.11 bits per heavy atom. The van der Waals surface area contributed by atoms with Gasteiger partial charge in [0.25, 0.3) is 0 Å². The van der Waals surface area contributed by atoms with Gasteiger partial charge in [-0.25, -0.2) is 14.5 Å². The highest BCUT2D eigenvalue weighted by molar-refractivity contribution is 14.1. The molecule has 1 unspecified atom stereocenters. The van der Waals surface area contributed by atoms with Crippen molar-refractivity contribution in [1.29, 1.82) is 0 Å². The first-order valence-corrected chi connectivity index (χ1v) is 10.1. The average Bonchev–Trinajstić information content (AvgIpc) is 3.29. The molecule has 0 radical (unpaired) electrons. The molecule has 1 aromatic carbocycles. The smallest absolute Gasteiger partial charge is 0.177 e. The van der Waals surface area contributed by atoms with Crippen molar-refractivity contribution in [3.05, 3.63) is 59.7 Å². The molecule has 28 heavy (non-hydrogen) atoms. The van der Waals surface area contributed by atoms with Crippen molar-refractivity contribution < 1.29 is 0 Å². The van der Waals surface area contributed by atoms with Gasteiger partial charge in [0, 0.05) is 30.1 Å². The van der Waals surface area contributed by atoms with E-state index in [1.807, 2.05) is 42.9 Å². The van der Waals surface area contributed by atoms with Gasteiger partial charge in [0.2, 0.25) is 0 Å². The van der Waals surface area contributed by atoms with Gasteiger partial charge >= 0.3 is 0 Å². The van der Waals surface area contributed by atoms with Crippen molar-refractivity contribution in [3.63, 3.8) is 0 Å². The van der Waals surface area contributed by atoms with Crippen LogP contribution in [0.4, 0.5) is 0 Å². The highest BCUT2D eigenvalue weighted by Gasteiger charge is 2.19. The minimum atomic E-state index is 0.133. The number of aromatic nitrogens is 7. The van der Waals surface area contributed by atoms with Crippen LogP contribution in [0.2, 0.25) is 0 Å². The third-order valence-electron chi connectivity index (χ3n) is 5.07. The number of aryl methyl sites for hydroxylation is 2. The van der Waals surface area contributed by atoms with Crippen molar-refractivity contribution in [2.45, 2.75) is 33.1 Å². The van der Waals surface area contributed by atoms with Gasteiger partial charge < -0.3 is 0 Å². The van der Waals surface area contributed by atoms with Crippen LogP contribution >= 0.6 is 22.9 Å². The van der Waals surface area contributed by atoms with E-state index in [1.165, 1.54) is 0 Å². The standard InChI is InChI=1S/C20H18IN7/c1-11(19-25-20-13(3)23-10-12(2)28(20)26-19)9-17-24-18-14-5-4-8-22-15(14)6-7-16(18)27(17)21/h4-8,10-11H,9H2,1-3H3. The second kappa shape index (κ2) is 6.47. The van der Waals surface area contributed by atoms with Gasteiger partial charge in [-0.3, -0.25) is 12.7 Å². The SMILES string of the molecule is Cc1ncc(C)n2nc(C(C)Cc3nc4c5cccnc5ccc4n3I)nc12. The van der Waals surface area contributed by atoms with Crippen molar-refractivity contribution >= 4 is 50.4 Å². The Hall–Kier alpha value is -2.62. The molecule has 0 N–H and O–H groups in total. The molecular weight excluding hydrogens is 465 g/mol. The summed E-state index contributed by atoms with van der Waals surface area (Å²) in [4.78, 5) is 18.5. The van der Waals surface area contributed by atoms with Crippen molar-refractivity contribution in [3.8, 4) is 0 Å². The molecule has 8 heteroatoms. The van der Waals surface area contributed by atoms with Gasteiger partial charge in [-0.1, -0.05) is 6.92 Å². The van der Waals surface area contributed by atoms with Crippen LogP contribution in [-0.2, 0) is 6.42 Å². The third kappa shape index (κ3) is 2.66. The van der Waals surface area contributed by atoms with Gasteiger partial charge in [0.05, 0.1) is 50.8 Å². The molecule has 0 aliphatic carbocycles. The maximum atomic E-state index is 4.94. The summed E-state index contributed by atoms with van der Waals surface area (Å²) in [7, 11) is 0. The second-order valence-corrected chi connectivity index (χ2v) is 8.07. The fraction of sp³-hybridized carbons (Fsp3) is 0.250. The van der Waals surface area contributed by atoms with Gasteiger partial charge in [-0.2, -0.15) is 5.10 Å². The van der Waals surface area contributed by atoms with E-state index in [1.54, 1.807) is 0 Å². The number of hydrogen-bond acceptors (Lipinski definition) is 5. The molecule has 0 fully saturated rings. The quantitative estimate of drug-likeness (QED) is 0.360. The summed E-state index contributed by atoms with van der Waals surface area (Å²) in [5.74, 6) is 1.95. The van der Waals surface area contributed by atoms with Gasteiger partial charge in [-0.15, -0.1) is 0 Å². The summed E-state index contributed by atoms with van der Waals surface area (Å²) in [6.07, 6.45) is 4.39. The van der Waals surface area contributed by atoms with Crippen LogP contribution < -0.4 is 0 Å². The topological polar surface area (TPSA) is 73.8 Å². The zero-order valence-electron chi connectivity index (χ0n) is 15.8. The Morgan fingerprint density at radius 2 is 1.96 bits per heavy atom. The van der Waals surface area contributed by atoms with Crippen LogP contribution in [0.25, 0.3) is 27.6 Å². The molecule has 0 spiro atoms. The van der Waals surface area contributed by atoms with E-state index in [4.69, 9.17) is 15.1 Å². The molecule has 0 aliphatic heterocycles. The molecule has 0 amide bonds.